The number of benzene rings is 1. The topological polar surface area (TPSA) is 64.3 Å². The molecule has 4 nitrogen and oxygen atoms in total. The molecule has 0 aliphatic heterocycles. The van der Waals surface area contributed by atoms with Crippen LogP contribution in [0.15, 0.2) is 18.2 Å². The Kier molecular flexibility index (Phi) is 5.44. The summed E-state index contributed by atoms with van der Waals surface area (Å²) in [5.74, 6) is -0.0495. The molecule has 0 aliphatic carbocycles. The van der Waals surface area contributed by atoms with Crippen molar-refractivity contribution in [3.05, 3.63) is 28.8 Å². The van der Waals surface area contributed by atoms with E-state index >= 15 is 0 Å². The van der Waals surface area contributed by atoms with E-state index in [0.29, 0.717) is 10.8 Å². The second-order valence-electron chi connectivity index (χ2n) is 4.13. The smallest absolute Gasteiger partial charge is 0.258 e. The van der Waals surface area contributed by atoms with Crippen LogP contribution in [0.2, 0.25) is 5.02 Å². The zero-order valence-corrected chi connectivity index (χ0v) is 11.6. The first kappa shape index (κ1) is 14.8. The lowest BCUT2D eigenvalue weighted by molar-refractivity contribution is -0.123. The van der Waals surface area contributed by atoms with Crippen molar-refractivity contribution in [2.45, 2.75) is 32.9 Å². The Morgan fingerprint density at radius 3 is 2.67 bits per heavy atom. The highest BCUT2D eigenvalue weighted by atomic mass is 35.5. The number of primary amides is 1. The Morgan fingerprint density at radius 1 is 1.50 bits per heavy atom. The number of hydrogen-bond acceptors (Lipinski definition) is 3. The molecule has 1 rings (SSSR count). The molecule has 0 aliphatic rings. The van der Waals surface area contributed by atoms with Gasteiger partial charge in [-0.05, 0) is 38.1 Å². The number of nitrogens with one attached hydrogen (secondary N) is 1. The van der Waals surface area contributed by atoms with Crippen LogP contribution in [-0.4, -0.2) is 18.6 Å². The molecule has 0 bridgehead atoms. The summed E-state index contributed by atoms with van der Waals surface area (Å²) in [6.07, 6.45) is -0.695. The molecule has 3 N–H and O–H groups in total. The Hall–Kier alpha value is -1.26. The fourth-order valence-corrected chi connectivity index (χ4v) is 1.79. The second-order valence-corrected chi connectivity index (χ2v) is 4.54. The molecule has 0 radical (unpaired) electrons. The summed E-state index contributed by atoms with van der Waals surface area (Å²) in [5.41, 5.74) is 6.20. The SMILES string of the molecule is CCNC(C)c1ccc(OC(C)C(N)=O)c(Cl)c1. The quantitative estimate of drug-likeness (QED) is 0.833. The van der Waals surface area contributed by atoms with Crippen LogP contribution in [-0.2, 0) is 4.79 Å². The summed E-state index contributed by atoms with van der Waals surface area (Å²) in [6, 6.07) is 5.72. The van der Waals surface area contributed by atoms with Crippen molar-refractivity contribution in [2.24, 2.45) is 5.73 Å². The molecule has 0 aromatic heterocycles. The average Bonchev–Trinajstić information content (AvgIpc) is 2.31. The fraction of sp³-hybridized carbons (Fsp3) is 0.462. The van der Waals surface area contributed by atoms with E-state index in [-0.39, 0.29) is 6.04 Å². The van der Waals surface area contributed by atoms with Gasteiger partial charge in [-0.15, -0.1) is 0 Å². The van der Waals surface area contributed by atoms with E-state index in [0.717, 1.165) is 12.1 Å². The standard InChI is InChI=1S/C13H19ClN2O2/c1-4-16-8(2)10-5-6-12(11(14)7-10)18-9(3)13(15)17/h5-9,16H,4H2,1-3H3,(H2,15,17). The number of rotatable bonds is 6. The number of carbonyl (C=O) groups excluding carboxylic acids is 1. The molecule has 2 atom stereocenters. The Morgan fingerprint density at radius 2 is 2.17 bits per heavy atom. The highest BCUT2D eigenvalue weighted by Gasteiger charge is 2.13. The highest BCUT2D eigenvalue weighted by Crippen LogP contribution is 2.28. The molecular weight excluding hydrogens is 252 g/mol. The van der Waals surface area contributed by atoms with E-state index in [1.807, 2.05) is 19.1 Å². The van der Waals surface area contributed by atoms with Gasteiger partial charge >= 0.3 is 0 Å². The largest absolute Gasteiger partial charge is 0.479 e. The summed E-state index contributed by atoms with van der Waals surface area (Å²) in [4.78, 5) is 10.9. The number of carbonyl (C=O) groups is 1. The third-order valence-corrected chi connectivity index (χ3v) is 2.97. The summed E-state index contributed by atoms with van der Waals surface area (Å²) in [5, 5.41) is 3.77. The molecule has 1 amide bonds. The van der Waals surface area contributed by atoms with Gasteiger partial charge in [0.2, 0.25) is 0 Å². The Bertz CT molecular complexity index is 423. The third-order valence-electron chi connectivity index (χ3n) is 2.67. The molecule has 1 aromatic carbocycles. The average molecular weight is 271 g/mol. The molecule has 2 unspecified atom stereocenters. The third kappa shape index (κ3) is 3.89. The van der Waals surface area contributed by atoms with E-state index in [9.17, 15) is 4.79 Å². The lowest BCUT2D eigenvalue weighted by Gasteiger charge is -2.16. The van der Waals surface area contributed by atoms with Crippen molar-refractivity contribution in [3.8, 4) is 5.75 Å². The molecule has 5 heteroatoms. The van der Waals surface area contributed by atoms with Crippen molar-refractivity contribution in [3.63, 3.8) is 0 Å². The van der Waals surface area contributed by atoms with Gasteiger partial charge in [-0.2, -0.15) is 0 Å². The molecule has 0 saturated heterocycles. The van der Waals surface area contributed by atoms with Crippen LogP contribution in [0.3, 0.4) is 0 Å². The van der Waals surface area contributed by atoms with Crippen LogP contribution < -0.4 is 15.8 Å². The summed E-state index contributed by atoms with van der Waals surface area (Å²) in [7, 11) is 0. The van der Waals surface area contributed by atoms with E-state index in [1.54, 1.807) is 13.0 Å². The molecule has 1 aromatic rings. The number of halogens is 1. The Labute approximate surface area is 112 Å². The fourth-order valence-electron chi connectivity index (χ4n) is 1.55. The maximum Gasteiger partial charge on any atom is 0.258 e. The van der Waals surface area contributed by atoms with Gasteiger partial charge < -0.3 is 15.8 Å². The molecule has 0 spiro atoms. The van der Waals surface area contributed by atoms with Crippen molar-refractivity contribution in [1.29, 1.82) is 0 Å². The van der Waals surface area contributed by atoms with E-state index in [1.165, 1.54) is 0 Å². The maximum absolute atomic E-state index is 10.9. The van der Waals surface area contributed by atoms with Crippen LogP contribution in [0.4, 0.5) is 0 Å². The zero-order valence-electron chi connectivity index (χ0n) is 10.9. The van der Waals surface area contributed by atoms with Gasteiger partial charge in [-0.1, -0.05) is 24.6 Å². The number of nitrogens with two attached hydrogens (primary N) is 1. The Balaban J connectivity index is 2.82. The minimum atomic E-state index is -0.695. The van der Waals surface area contributed by atoms with Crippen LogP contribution in [0, 0.1) is 0 Å². The van der Waals surface area contributed by atoms with E-state index < -0.39 is 12.0 Å². The molecule has 0 heterocycles. The van der Waals surface area contributed by atoms with Crippen molar-refractivity contribution < 1.29 is 9.53 Å². The van der Waals surface area contributed by atoms with Crippen molar-refractivity contribution in [1.82, 2.24) is 5.32 Å². The van der Waals surface area contributed by atoms with Crippen molar-refractivity contribution in [2.75, 3.05) is 6.54 Å². The predicted octanol–water partition coefficient (Wildman–Crippen LogP) is 2.26. The summed E-state index contributed by atoms with van der Waals surface area (Å²) >= 11 is 6.12. The van der Waals surface area contributed by atoms with E-state index in [4.69, 9.17) is 22.1 Å². The lowest BCUT2D eigenvalue weighted by Crippen LogP contribution is -2.30. The molecule has 18 heavy (non-hydrogen) atoms. The molecule has 0 fully saturated rings. The maximum atomic E-state index is 10.9. The summed E-state index contributed by atoms with van der Waals surface area (Å²) in [6.45, 7) is 6.58. The minimum absolute atomic E-state index is 0.218. The van der Waals surface area contributed by atoms with Gasteiger partial charge in [0.1, 0.15) is 5.75 Å². The van der Waals surface area contributed by atoms with Gasteiger partial charge in [0.25, 0.3) is 5.91 Å². The van der Waals surface area contributed by atoms with Crippen LogP contribution in [0.25, 0.3) is 0 Å². The first-order valence-corrected chi connectivity index (χ1v) is 6.32. The lowest BCUT2D eigenvalue weighted by atomic mass is 10.1. The minimum Gasteiger partial charge on any atom is -0.479 e. The van der Waals surface area contributed by atoms with Gasteiger partial charge in [0.05, 0.1) is 5.02 Å². The predicted molar refractivity (Wildman–Crippen MR) is 72.8 cm³/mol. The first-order valence-electron chi connectivity index (χ1n) is 5.94. The van der Waals surface area contributed by atoms with Gasteiger partial charge in [0, 0.05) is 6.04 Å². The number of hydrogen-bond donors (Lipinski definition) is 2. The van der Waals surface area contributed by atoms with Gasteiger partial charge in [0.15, 0.2) is 6.10 Å². The van der Waals surface area contributed by atoms with Crippen LogP contribution in [0.1, 0.15) is 32.4 Å². The first-order chi connectivity index (χ1) is 8.45. The number of amides is 1. The molecule has 0 saturated carbocycles. The molecular formula is C13H19ClN2O2. The summed E-state index contributed by atoms with van der Waals surface area (Å²) < 4.78 is 5.37. The number of ether oxygens (including phenoxy) is 1. The second kappa shape index (κ2) is 6.61. The molecule has 100 valence electrons. The monoisotopic (exact) mass is 270 g/mol. The van der Waals surface area contributed by atoms with Crippen molar-refractivity contribution >= 4 is 17.5 Å². The van der Waals surface area contributed by atoms with Gasteiger partial charge in [-0.3, -0.25) is 4.79 Å². The zero-order chi connectivity index (χ0) is 13.7. The van der Waals surface area contributed by atoms with Crippen LogP contribution in [0.5, 0.6) is 5.75 Å². The van der Waals surface area contributed by atoms with E-state index in [2.05, 4.69) is 12.2 Å². The van der Waals surface area contributed by atoms with Gasteiger partial charge in [-0.25, -0.2) is 0 Å². The van der Waals surface area contributed by atoms with Crippen LogP contribution >= 0.6 is 11.6 Å². The normalized spacial score (nSPS) is 14.0. The highest BCUT2D eigenvalue weighted by molar-refractivity contribution is 6.32.